The molecular formula is C11H10BrFN2O. The van der Waals surface area contributed by atoms with Gasteiger partial charge in [0, 0.05) is 28.0 Å². The number of halogens is 2. The van der Waals surface area contributed by atoms with Crippen molar-refractivity contribution < 1.29 is 9.50 Å². The average molecular weight is 285 g/mol. The molecule has 0 fully saturated rings. The van der Waals surface area contributed by atoms with Gasteiger partial charge in [0.05, 0.1) is 6.61 Å². The molecule has 2 aromatic rings. The summed E-state index contributed by atoms with van der Waals surface area (Å²) in [5.74, 6) is 0.270. The van der Waals surface area contributed by atoms with Crippen LogP contribution in [0.3, 0.4) is 0 Å². The van der Waals surface area contributed by atoms with Gasteiger partial charge in [-0.1, -0.05) is 6.07 Å². The number of aliphatic hydroxyl groups is 1. The first-order chi connectivity index (χ1) is 7.72. The molecular weight excluding hydrogens is 275 g/mol. The molecule has 5 heteroatoms. The molecule has 0 unspecified atom stereocenters. The summed E-state index contributed by atoms with van der Waals surface area (Å²) in [7, 11) is 0. The Labute approximate surface area is 100 Å². The van der Waals surface area contributed by atoms with Crippen molar-refractivity contribution in [2.45, 2.75) is 0 Å². The largest absolute Gasteiger partial charge is 0.395 e. The van der Waals surface area contributed by atoms with Gasteiger partial charge in [0.15, 0.2) is 0 Å². The molecule has 2 N–H and O–H groups in total. The molecule has 16 heavy (non-hydrogen) atoms. The summed E-state index contributed by atoms with van der Waals surface area (Å²) >= 11 is 3.36. The fraction of sp³-hybridized carbons (Fsp3) is 0.182. The number of rotatable bonds is 3. The van der Waals surface area contributed by atoms with E-state index in [1.165, 1.54) is 12.1 Å². The number of pyridine rings is 1. The van der Waals surface area contributed by atoms with Crippen LogP contribution in [0.25, 0.3) is 10.8 Å². The summed E-state index contributed by atoms with van der Waals surface area (Å²) < 4.78 is 14.0. The Morgan fingerprint density at radius 2 is 2.19 bits per heavy atom. The molecule has 0 spiro atoms. The summed E-state index contributed by atoms with van der Waals surface area (Å²) in [6.07, 6.45) is 1.65. The van der Waals surface area contributed by atoms with Crippen molar-refractivity contribution in [3.8, 4) is 0 Å². The van der Waals surface area contributed by atoms with E-state index >= 15 is 0 Å². The van der Waals surface area contributed by atoms with Crippen molar-refractivity contribution in [2.24, 2.45) is 0 Å². The minimum absolute atomic E-state index is 0.00849. The molecule has 2 rings (SSSR count). The third-order valence-corrected chi connectivity index (χ3v) is 2.84. The second kappa shape index (κ2) is 4.76. The number of nitrogens with one attached hydrogen (secondary N) is 1. The van der Waals surface area contributed by atoms with Gasteiger partial charge < -0.3 is 10.4 Å². The second-order valence-electron chi connectivity index (χ2n) is 3.30. The first kappa shape index (κ1) is 11.3. The van der Waals surface area contributed by atoms with Gasteiger partial charge in [0.1, 0.15) is 11.6 Å². The maximum atomic E-state index is 13.2. The van der Waals surface area contributed by atoms with Crippen LogP contribution >= 0.6 is 15.9 Å². The summed E-state index contributed by atoms with van der Waals surface area (Å²) in [6, 6.07) is 4.52. The molecule has 0 atom stereocenters. The number of fused-ring (bicyclic) bond motifs is 1. The normalized spacial score (nSPS) is 10.7. The Balaban J connectivity index is 2.56. The van der Waals surface area contributed by atoms with Crippen LogP contribution in [-0.4, -0.2) is 23.2 Å². The standard InChI is InChI=1S/C11H10BrFN2O/c12-10-6-15-11(14-3-4-16)9-5-7(13)1-2-8(9)10/h1-2,5-6,16H,3-4H2,(H,14,15). The van der Waals surface area contributed by atoms with E-state index in [0.717, 1.165) is 9.86 Å². The fourth-order valence-electron chi connectivity index (χ4n) is 1.50. The van der Waals surface area contributed by atoms with E-state index in [4.69, 9.17) is 5.11 Å². The minimum Gasteiger partial charge on any atom is -0.395 e. The van der Waals surface area contributed by atoms with Gasteiger partial charge in [-0.25, -0.2) is 9.37 Å². The minimum atomic E-state index is -0.306. The van der Waals surface area contributed by atoms with Crippen molar-refractivity contribution in [3.05, 3.63) is 34.7 Å². The highest BCUT2D eigenvalue weighted by atomic mass is 79.9. The van der Waals surface area contributed by atoms with Gasteiger partial charge in [0.2, 0.25) is 0 Å². The molecule has 1 aromatic heterocycles. The Bertz CT molecular complexity index is 519. The topological polar surface area (TPSA) is 45.1 Å². The lowest BCUT2D eigenvalue weighted by Crippen LogP contribution is -2.07. The Kier molecular flexibility index (Phi) is 3.36. The first-order valence-electron chi connectivity index (χ1n) is 4.81. The van der Waals surface area contributed by atoms with Crippen LogP contribution in [0.15, 0.2) is 28.9 Å². The van der Waals surface area contributed by atoms with Gasteiger partial charge in [-0.05, 0) is 28.1 Å². The number of benzene rings is 1. The molecule has 3 nitrogen and oxygen atoms in total. The van der Waals surface area contributed by atoms with Crippen LogP contribution in [0.5, 0.6) is 0 Å². The lowest BCUT2D eigenvalue weighted by Gasteiger charge is -2.08. The van der Waals surface area contributed by atoms with E-state index in [2.05, 4.69) is 26.2 Å². The van der Waals surface area contributed by atoms with Gasteiger partial charge in [0.25, 0.3) is 0 Å². The number of anilines is 1. The maximum Gasteiger partial charge on any atom is 0.134 e. The number of aliphatic hydroxyl groups excluding tert-OH is 1. The first-order valence-corrected chi connectivity index (χ1v) is 5.60. The summed E-state index contributed by atoms with van der Waals surface area (Å²) in [6.45, 7) is 0.398. The molecule has 0 amide bonds. The number of aromatic nitrogens is 1. The van der Waals surface area contributed by atoms with E-state index in [1.807, 2.05) is 0 Å². The van der Waals surface area contributed by atoms with Gasteiger partial charge in [-0.15, -0.1) is 0 Å². The van der Waals surface area contributed by atoms with Crippen LogP contribution < -0.4 is 5.32 Å². The van der Waals surface area contributed by atoms with Crippen LogP contribution in [0, 0.1) is 5.82 Å². The van der Waals surface area contributed by atoms with Gasteiger partial charge in [-0.2, -0.15) is 0 Å². The monoisotopic (exact) mass is 284 g/mol. The fourth-order valence-corrected chi connectivity index (χ4v) is 1.94. The van der Waals surface area contributed by atoms with Crippen molar-refractivity contribution >= 4 is 32.5 Å². The average Bonchev–Trinajstić information content (AvgIpc) is 2.28. The second-order valence-corrected chi connectivity index (χ2v) is 4.15. The molecule has 0 saturated carbocycles. The maximum absolute atomic E-state index is 13.2. The van der Waals surface area contributed by atoms with E-state index in [-0.39, 0.29) is 12.4 Å². The number of nitrogens with zero attached hydrogens (tertiary/aromatic N) is 1. The third kappa shape index (κ3) is 2.15. The van der Waals surface area contributed by atoms with Crippen molar-refractivity contribution in [3.63, 3.8) is 0 Å². The van der Waals surface area contributed by atoms with Crippen molar-refractivity contribution in [2.75, 3.05) is 18.5 Å². The number of hydrogen-bond donors (Lipinski definition) is 2. The molecule has 1 aromatic carbocycles. The zero-order valence-corrected chi connectivity index (χ0v) is 9.96. The molecule has 0 saturated heterocycles. The quantitative estimate of drug-likeness (QED) is 0.911. The van der Waals surface area contributed by atoms with E-state index < -0.39 is 0 Å². The summed E-state index contributed by atoms with van der Waals surface area (Å²) in [5, 5.41) is 13.3. The van der Waals surface area contributed by atoms with E-state index in [9.17, 15) is 4.39 Å². The smallest absolute Gasteiger partial charge is 0.134 e. The predicted octanol–water partition coefficient (Wildman–Crippen LogP) is 2.54. The highest BCUT2D eigenvalue weighted by molar-refractivity contribution is 9.10. The van der Waals surface area contributed by atoms with Crippen molar-refractivity contribution in [1.29, 1.82) is 0 Å². The zero-order chi connectivity index (χ0) is 11.5. The third-order valence-electron chi connectivity index (χ3n) is 2.21. The number of hydrogen-bond acceptors (Lipinski definition) is 3. The van der Waals surface area contributed by atoms with Crippen LogP contribution in [0.1, 0.15) is 0 Å². The highest BCUT2D eigenvalue weighted by Gasteiger charge is 2.06. The van der Waals surface area contributed by atoms with Crippen LogP contribution in [-0.2, 0) is 0 Å². The summed E-state index contributed by atoms with van der Waals surface area (Å²) in [5.41, 5.74) is 0. The predicted molar refractivity (Wildman–Crippen MR) is 65.0 cm³/mol. The molecule has 84 valence electrons. The lowest BCUT2D eigenvalue weighted by atomic mass is 10.1. The molecule has 0 aliphatic heterocycles. The SMILES string of the molecule is OCCNc1ncc(Br)c2ccc(F)cc12. The lowest BCUT2D eigenvalue weighted by molar-refractivity contribution is 0.311. The Morgan fingerprint density at radius 1 is 1.38 bits per heavy atom. The summed E-state index contributed by atoms with van der Waals surface area (Å²) in [4.78, 5) is 4.15. The molecule has 0 aliphatic carbocycles. The highest BCUT2D eigenvalue weighted by Crippen LogP contribution is 2.28. The Hall–Kier alpha value is -1.20. The van der Waals surface area contributed by atoms with E-state index in [1.54, 1.807) is 12.3 Å². The Morgan fingerprint density at radius 3 is 2.94 bits per heavy atom. The zero-order valence-electron chi connectivity index (χ0n) is 8.37. The van der Waals surface area contributed by atoms with E-state index in [0.29, 0.717) is 17.7 Å². The van der Waals surface area contributed by atoms with Crippen LogP contribution in [0.2, 0.25) is 0 Å². The molecule has 0 aliphatic rings. The van der Waals surface area contributed by atoms with Gasteiger partial charge in [-0.3, -0.25) is 0 Å². The van der Waals surface area contributed by atoms with Crippen molar-refractivity contribution in [1.82, 2.24) is 4.98 Å². The molecule has 0 bridgehead atoms. The van der Waals surface area contributed by atoms with Gasteiger partial charge >= 0.3 is 0 Å². The molecule has 1 heterocycles. The molecule has 0 radical (unpaired) electrons. The van der Waals surface area contributed by atoms with Crippen LogP contribution in [0.4, 0.5) is 10.2 Å².